The van der Waals surface area contributed by atoms with Crippen molar-refractivity contribution in [1.29, 1.82) is 0 Å². The van der Waals surface area contributed by atoms with Crippen LogP contribution in [-0.4, -0.2) is 24.9 Å². The van der Waals surface area contributed by atoms with E-state index >= 15 is 0 Å². The molecular weight excluding hydrogens is 412 g/mol. The summed E-state index contributed by atoms with van der Waals surface area (Å²) >= 11 is 1.29. The molecule has 0 unspecified atom stereocenters. The Bertz CT molecular complexity index is 1100. The molecule has 158 valence electrons. The molecule has 7 heteroatoms. The van der Waals surface area contributed by atoms with Gasteiger partial charge in [0.15, 0.2) is 0 Å². The van der Waals surface area contributed by atoms with Gasteiger partial charge in [0.1, 0.15) is 10.6 Å². The van der Waals surface area contributed by atoms with Crippen molar-refractivity contribution in [2.24, 2.45) is 5.92 Å². The average Bonchev–Trinajstić information content (AvgIpc) is 3.56. The first kappa shape index (κ1) is 20.8. The van der Waals surface area contributed by atoms with Crippen molar-refractivity contribution >= 4 is 39.8 Å². The number of hydrogen-bond donors (Lipinski definition) is 2. The number of methoxy groups -OCH3 is 1. The van der Waals surface area contributed by atoms with Crippen LogP contribution in [0.5, 0.6) is 0 Å². The fourth-order valence-corrected chi connectivity index (χ4v) is 4.21. The van der Waals surface area contributed by atoms with E-state index in [1.54, 1.807) is 12.1 Å². The van der Waals surface area contributed by atoms with Crippen molar-refractivity contribution in [3.05, 3.63) is 71.1 Å². The van der Waals surface area contributed by atoms with E-state index in [0.29, 0.717) is 10.6 Å². The standard InChI is InChI=1S/C24H22N2O4S/c1-30-24(29)21-19(16-5-3-2-4-6-16)14-31-23(21)26-20(27)13-15-7-11-18(12-8-15)25-22(28)17-9-10-17/h2-8,11-12,14,17H,9-10,13H2,1H3,(H,25,28)(H,26,27). The largest absolute Gasteiger partial charge is 0.465 e. The molecule has 0 spiro atoms. The number of ether oxygens (including phenoxy) is 1. The van der Waals surface area contributed by atoms with Crippen molar-refractivity contribution in [2.75, 3.05) is 17.7 Å². The highest BCUT2D eigenvalue weighted by molar-refractivity contribution is 7.15. The van der Waals surface area contributed by atoms with E-state index in [1.807, 2.05) is 47.8 Å². The number of esters is 1. The van der Waals surface area contributed by atoms with E-state index < -0.39 is 5.97 Å². The third-order valence-corrected chi connectivity index (χ3v) is 5.95. The normalized spacial score (nSPS) is 12.8. The molecule has 4 rings (SSSR count). The Kier molecular flexibility index (Phi) is 6.13. The first-order chi connectivity index (χ1) is 15.0. The smallest absolute Gasteiger partial charge is 0.341 e. The minimum absolute atomic E-state index is 0.0488. The first-order valence-corrected chi connectivity index (χ1v) is 10.9. The maximum absolute atomic E-state index is 12.6. The third kappa shape index (κ3) is 5.00. The second kappa shape index (κ2) is 9.14. The number of nitrogens with one attached hydrogen (secondary N) is 2. The predicted octanol–water partition coefficient (Wildman–Crippen LogP) is 4.73. The Balaban J connectivity index is 1.45. The van der Waals surface area contributed by atoms with E-state index in [2.05, 4.69) is 10.6 Å². The van der Waals surface area contributed by atoms with Crippen molar-refractivity contribution < 1.29 is 19.1 Å². The zero-order chi connectivity index (χ0) is 21.8. The van der Waals surface area contributed by atoms with E-state index in [-0.39, 0.29) is 24.2 Å². The molecular formula is C24H22N2O4S. The van der Waals surface area contributed by atoms with Gasteiger partial charge in [-0.1, -0.05) is 42.5 Å². The Morgan fingerprint density at radius 2 is 1.71 bits per heavy atom. The van der Waals surface area contributed by atoms with Gasteiger partial charge in [0.05, 0.1) is 13.5 Å². The molecule has 0 bridgehead atoms. The summed E-state index contributed by atoms with van der Waals surface area (Å²) in [4.78, 5) is 36.9. The van der Waals surface area contributed by atoms with Crippen molar-refractivity contribution in [2.45, 2.75) is 19.3 Å². The third-order valence-electron chi connectivity index (χ3n) is 5.05. The van der Waals surface area contributed by atoms with Crippen LogP contribution < -0.4 is 10.6 Å². The van der Waals surface area contributed by atoms with Crippen LogP contribution in [0.2, 0.25) is 0 Å². The minimum Gasteiger partial charge on any atom is -0.465 e. The molecule has 0 aliphatic heterocycles. The van der Waals surface area contributed by atoms with Gasteiger partial charge in [-0.2, -0.15) is 0 Å². The van der Waals surface area contributed by atoms with Gasteiger partial charge < -0.3 is 15.4 Å². The summed E-state index contributed by atoms with van der Waals surface area (Å²) in [5, 5.41) is 8.03. The highest BCUT2D eigenvalue weighted by Crippen LogP contribution is 2.36. The summed E-state index contributed by atoms with van der Waals surface area (Å²) < 4.78 is 4.95. The molecule has 6 nitrogen and oxygen atoms in total. The van der Waals surface area contributed by atoms with Gasteiger partial charge in [0, 0.05) is 22.5 Å². The Morgan fingerprint density at radius 1 is 1.00 bits per heavy atom. The van der Waals surface area contributed by atoms with Crippen molar-refractivity contribution in [1.82, 2.24) is 0 Å². The second-order valence-corrected chi connectivity index (χ2v) is 8.28. The quantitative estimate of drug-likeness (QED) is 0.527. The van der Waals surface area contributed by atoms with Crippen LogP contribution >= 0.6 is 11.3 Å². The van der Waals surface area contributed by atoms with Gasteiger partial charge in [0.25, 0.3) is 0 Å². The molecule has 1 heterocycles. The summed E-state index contributed by atoms with van der Waals surface area (Å²) in [6.45, 7) is 0. The number of rotatable bonds is 7. The lowest BCUT2D eigenvalue weighted by Crippen LogP contribution is -2.16. The number of carbonyl (C=O) groups is 3. The van der Waals surface area contributed by atoms with Crippen LogP contribution in [0.25, 0.3) is 11.1 Å². The first-order valence-electron chi connectivity index (χ1n) is 10.00. The Labute approximate surface area is 184 Å². The maximum atomic E-state index is 12.6. The number of benzene rings is 2. The van der Waals surface area contributed by atoms with Gasteiger partial charge in [-0.3, -0.25) is 9.59 Å². The lowest BCUT2D eigenvalue weighted by molar-refractivity contribution is -0.117. The monoisotopic (exact) mass is 434 g/mol. The van der Waals surface area contributed by atoms with Crippen LogP contribution in [0.1, 0.15) is 28.8 Å². The molecule has 1 fully saturated rings. The Hall–Kier alpha value is -3.45. The van der Waals surface area contributed by atoms with E-state index in [0.717, 1.165) is 35.2 Å². The molecule has 1 aromatic heterocycles. The summed E-state index contributed by atoms with van der Waals surface area (Å²) in [7, 11) is 1.32. The summed E-state index contributed by atoms with van der Waals surface area (Å²) in [5.41, 5.74) is 3.48. The van der Waals surface area contributed by atoms with E-state index in [9.17, 15) is 14.4 Å². The number of carbonyl (C=O) groups excluding carboxylic acids is 3. The molecule has 0 atom stereocenters. The molecule has 1 saturated carbocycles. The van der Waals surface area contributed by atoms with Crippen LogP contribution in [0.15, 0.2) is 60.0 Å². The topological polar surface area (TPSA) is 84.5 Å². The molecule has 3 aromatic rings. The summed E-state index contributed by atoms with van der Waals surface area (Å²) in [5.74, 6) is -0.540. The minimum atomic E-state index is -0.494. The van der Waals surface area contributed by atoms with Gasteiger partial charge in [-0.25, -0.2) is 4.79 Å². The molecule has 2 amide bonds. The van der Waals surface area contributed by atoms with Crippen LogP contribution in [-0.2, 0) is 20.7 Å². The fraction of sp³-hybridized carbons (Fsp3) is 0.208. The van der Waals surface area contributed by atoms with Gasteiger partial charge >= 0.3 is 5.97 Å². The van der Waals surface area contributed by atoms with Crippen molar-refractivity contribution in [3.8, 4) is 11.1 Å². The molecule has 2 aromatic carbocycles. The lowest BCUT2D eigenvalue weighted by atomic mass is 10.0. The van der Waals surface area contributed by atoms with E-state index in [1.165, 1.54) is 18.4 Å². The van der Waals surface area contributed by atoms with Gasteiger partial charge in [-0.05, 0) is 36.1 Å². The van der Waals surface area contributed by atoms with Crippen molar-refractivity contribution in [3.63, 3.8) is 0 Å². The van der Waals surface area contributed by atoms with Gasteiger partial charge in [0.2, 0.25) is 11.8 Å². The highest BCUT2D eigenvalue weighted by Gasteiger charge is 2.29. The fourth-order valence-electron chi connectivity index (χ4n) is 3.24. The molecule has 1 aliphatic rings. The highest BCUT2D eigenvalue weighted by atomic mass is 32.1. The molecule has 0 radical (unpaired) electrons. The predicted molar refractivity (Wildman–Crippen MR) is 121 cm³/mol. The number of anilines is 2. The SMILES string of the molecule is COC(=O)c1c(-c2ccccc2)csc1NC(=O)Cc1ccc(NC(=O)C2CC2)cc1. The lowest BCUT2D eigenvalue weighted by Gasteiger charge is -2.09. The summed E-state index contributed by atoms with van der Waals surface area (Å²) in [6, 6.07) is 16.7. The molecule has 2 N–H and O–H groups in total. The van der Waals surface area contributed by atoms with Crippen LogP contribution in [0.4, 0.5) is 10.7 Å². The molecule has 1 aliphatic carbocycles. The van der Waals surface area contributed by atoms with Crippen LogP contribution in [0, 0.1) is 5.92 Å². The number of thiophene rings is 1. The maximum Gasteiger partial charge on any atom is 0.341 e. The Morgan fingerprint density at radius 3 is 2.35 bits per heavy atom. The number of amides is 2. The van der Waals surface area contributed by atoms with Crippen LogP contribution in [0.3, 0.4) is 0 Å². The zero-order valence-corrected chi connectivity index (χ0v) is 17.8. The molecule has 0 saturated heterocycles. The second-order valence-electron chi connectivity index (χ2n) is 7.40. The zero-order valence-electron chi connectivity index (χ0n) is 17.0. The number of hydrogen-bond acceptors (Lipinski definition) is 5. The molecule has 31 heavy (non-hydrogen) atoms. The summed E-state index contributed by atoms with van der Waals surface area (Å²) in [6.07, 6.45) is 2.05. The van der Waals surface area contributed by atoms with Gasteiger partial charge in [-0.15, -0.1) is 11.3 Å². The average molecular weight is 435 g/mol. The van der Waals surface area contributed by atoms with E-state index in [4.69, 9.17) is 4.74 Å².